The number of aromatic nitrogens is 2. The van der Waals surface area contributed by atoms with Crippen molar-refractivity contribution in [2.75, 3.05) is 5.32 Å². The Morgan fingerprint density at radius 2 is 1.75 bits per heavy atom. The Labute approximate surface area is 130 Å². The number of hydrogen-bond acceptors (Lipinski definition) is 5. The second-order valence-corrected chi connectivity index (χ2v) is 4.65. The van der Waals surface area contributed by atoms with E-state index in [1.807, 2.05) is 0 Å². The largest absolute Gasteiger partial charge is 0.337 e. The first-order valence-corrected chi connectivity index (χ1v) is 6.37. The number of benzene rings is 2. The molecular formula is C14H6F4N4O2. The number of rotatable bonds is 3. The third-order valence-electron chi connectivity index (χ3n) is 3.19. The van der Waals surface area contributed by atoms with Gasteiger partial charge in [0.25, 0.3) is 0 Å². The summed E-state index contributed by atoms with van der Waals surface area (Å²) < 4.78 is 53.6. The molecule has 1 aromatic heterocycles. The van der Waals surface area contributed by atoms with Crippen LogP contribution in [-0.2, 0) is 0 Å². The molecule has 3 rings (SSSR count). The maximum Gasteiger partial charge on any atom is 0.305 e. The Morgan fingerprint density at radius 1 is 1.00 bits per heavy atom. The zero-order valence-corrected chi connectivity index (χ0v) is 11.6. The van der Waals surface area contributed by atoms with Gasteiger partial charge >= 0.3 is 5.69 Å². The summed E-state index contributed by atoms with van der Waals surface area (Å²) in [5.41, 5.74) is -1.26. The number of nitrogens with zero attached hydrogens (tertiary/aromatic N) is 3. The number of fused-ring (bicyclic) bond motifs is 1. The smallest absolute Gasteiger partial charge is 0.305 e. The standard InChI is InChI=1S/C14H6F4N4O2/c15-7-1-2-9(13(18)12(7)17)21-14-6-3-11(22(23)24)8(16)4-10(6)19-5-20-14/h1-5H,(H,19,20,21). The predicted molar refractivity (Wildman–Crippen MR) is 75.7 cm³/mol. The first-order chi connectivity index (χ1) is 11.4. The normalized spacial score (nSPS) is 10.8. The highest BCUT2D eigenvalue weighted by Crippen LogP contribution is 2.30. The van der Waals surface area contributed by atoms with Gasteiger partial charge in [-0.05, 0) is 12.1 Å². The molecule has 24 heavy (non-hydrogen) atoms. The molecule has 0 aliphatic rings. The van der Waals surface area contributed by atoms with Crippen LogP contribution in [0.3, 0.4) is 0 Å². The van der Waals surface area contributed by atoms with Gasteiger partial charge < -0.3 is 5.32 Å². The van der Waals surface area contributed by atoms with Crippen molar-refractivity contribution in [3.63, 3.8) is 0 Å². The van der Waals surface area contributed by atoms with Crippen LogP contribution in [0.2, 0.25) is 0 Å². The minimum atomic E-state index is -1.68. The second kappa shape index (κ2) is 5.72. The first kappa shape index (κ1) is 15.6. The fraction of sp³-hybridized carbons (Fsp3) is 0. The van der Waals surface area contributed by atoms with E-state index < -0.39 is 39.6 Å². The molecule has 6 nitrogen and oxygen atoms in total. The van der Waals surface area contributed by atoms with E-state index in [1.54, 1.807) is 0 Å². The lowest BCUT2D eigenvalue weighted by atomic mass is 10.2. The van der Waals surface area contributed by atoms with Crippen molar-refractivity contribution in [3.05, 3.63) is 64.0 Å². The molecule has 0 radical (unpaired) electrons. The van der Waals surface area contributed by atoms with Crippen LogP contribution < -0.4 is 5.32 Å². The van der Waals surface area contributed by atoms with Crippen LogP contribution in [-0.4, -0.2) is 14.9 Å². The second-order valence-electron chi connectivity index (χ2n) is 4.65. The molecule has 0 spiro atoms. The van der Waals surface area contributed by atoms with Crippen LogP contribution in [0.15, 0.2) is 30.6 Å². The van der Waals surface area contributed by atoms with Crippen LogP contribution in [0.25, 0.3) is 10.9 Å². The first-order valence-electron chi connectivity index (χ1n) is 6.37. The predicted octanol–water partition coefficient (Wildman–Crippen LogP) is 3.84. The Kier molecular flexibility index (Phi) is 3.72. The van der Waals surface area contributed by atoms with Crippen molar-refractivity contribution in [1.82, 2.24) is 9.97 Å². The molecule has 0 saturated heterocycles. The quantitative estimate of drug-likeness (QED) is 0.340. The molecule has 0 aliphatic carbocycles. The molecule has 0 unspecified atom stereocenters. The Bertz CT molecular complexity index is 981. The van der Waals surface area contributed by atoms with E-state index >= 15 is 0 Å². The van der Waals surface area contributed by atoms with Crippen LogP contribution in [0.1, 0.15) is 0 Å². The Balaban J connectivity index is 2.15. The average molecular weight is 338 g/mol. The summed E-state index contributed by atoms with van der Waals surface area (Å²) in [6, 6.07) is 3.32. The van der Waals surface area contributed by atoms with Crippen molar-refractivity contribution in [2.24, 2.45) is 0 Å². The summed E-state index contributed by atoms with van der Waals surface area (Å²) in [5, 5.41) is 13.2. The zero-order valence-electron chi connectivity index (χ0n) is 11.6. The summed E-state index contributed by atoms with van der Waals surface area (Å²) in [5.74, 6) is -5.78. The van der Waals surface area contributed by atoms with Crippen molar-refractivity contribution in [1.29, 1.82) is 0 Å². The molecule has 0 atom stereocenters. The minimum Gasteiger partial charge on any atom is -0.337 e. The van der Waals surface area contributed by atoms with Gasteiger partial charge in [0, 0.05) is 12.1 Å². The molecule has 10 heteroatoms. The van der Waals surface area contributed by atoms with E-state index in [9.17, 15) is 27.7 Å². The van der Waals surface area contributed by atoms with Crippen LogP contribution >= 0.6 is 0 Å². The maximum absolute atomic E-state index is 13.7. The molecule has 122 valence electrons. The molecule has 0 bridgehead atoms. The van der Waals surface area contributed by atoms with Gasteiger partial charge in [-0.2, -0.15) is 4.39 Å². The van der Waals surface area contributed by atoms with E-state index in [1.165, 1.54) is 0 Å². The van der Waals surface area contributed by atoms with Crippen molar-refractivity contribution >= 4 is 28.1 Å². The van der Waals surface area contributed by atoms with Crippen molar-refractivity contribution in [2.45, 2.75) is 0 Å². The van der Waals surface area contributed by atoms with Crippen LogP contribution in [0.4, 0.5) is 34.8 Å². The fourth-order valence-electron chi connectivity index (χ4n) is 2.06. The highest BCUT2D eigenvalue weighted by atomic mass is 19.2. The summed E-state index contributed by atoms with van der Waals surface area (Å²) in [6.07, 6.45) is 1.01. The van der Waals surface area contributed by atoms with E-state index in [0.29, 0.717) is 6.07 Å². The van der Waals surface area contributed by atoms with Gasteiger partial charge in [-0.15, -0.1) is 0 Å². The summed E-state index contributed by atoms with van der Waals surface area (Å²) in [4.78, 5) is 17.4. The van der Waals surface area contributed by atoms with Gasteiger partial charge in [-0.1, -0.05) is 0 Å². The van der Waals surface area contributed by atoms with Gasteiger partial charge in [0.2, 0.25) is 5.82 Å². The molecule has 0 aliphatic heterocycles. The van der Waals surface area contributed by atoms with Crippen molar-refractivity contribution in [3.8, 4) is 0 Å². The molecule has 3 aromatic rings. The third kappa shape index (κ3) is 2.57. The lowest BCUT2D eigenvalue weighted by Gasteiger charge is -2.10. The highest BCUT2D eigenvalue weighted by molar-refractivity contribution is 5.92. The molecular weight excluding hydrogens is 332 g/mol. The summed E-state index contributed by atoms with van der Waals surface area (Å²) in [6.45, 7) is 0. The van der Waals surface area contributed by atoms with Gasteiger partial charge in [0.05, 0.1) is 21.5 Å². The SMILES string of the molecule is O=[N+]([O-])c1cc2c(Nc3ccc(F)c(F)c3F)ncnc2cc1F. The van der Waals surface area contributed by atoms with Crippen LogP contribution in [0, 0.1) is 33.4 Å². The lowest BCUT2D eigenvalue weighted by Crippen LogP contribution is -2.02. The minimum absolute atomic E-state index is 0.00901. The van der Waals surface area contributed by atoms with E-state index in [0.717, 1.165) is 24.5 Å². The van der Waals surface area contributed by atoms with Gasteiger partial charge in [0.1, 0.15) is 12.1 Å². The summed E-state index contributed by atoms with van der Waals surface area (Å²) in [7, 11) is 0. The van der Waals surface area contributed by atoms with E-state index in [-0.39, 0.29) is 16.7 Å². The molecule has 1 N–H and O–H groups in total. The van der Waals surface area contributed by atoms with E-state index in [4.69, 9.17) is 0 Å². The third-order valence-corrected chi connectivity index (χ3v) is 3.19. The highest BCUT2D eigenvalue weighted by Gasteiger charge is 2.19. The summed E-state index contributed by atoms with van der Waals surface area (Å²) >= 11 is 0. The number of halogens is 4. The number of hydrogen-bond donors (Lipinski definition) is 1. The average Bonchev–Trinajstić information content (AvgIpc) is 2.54. The number of nitro groups is 1. The Hall–Kier alpha value is -3.30. The van der Waals surface area contributed by atoms with Gasteiger partial charge in [-0.3, -0.25) is 10.1 Å². The molecule has 0 fully saturated rings. The molecule has 1 heterocycles. The lowest BCUT2D eigenvalue weighted by molar-refractivity contribution is -0.387. The topological polar surface area (TPSA) is 81.0 Å². The molecule has 2 aromatic carbocycles. The van der Waals surface area contributed by atoms with Gasteiger partial charge in [-0.25, -0.2) is 23.1 Å². The number of nitrogens with one attached hydrogen (secondary N) is 1. The number of nitro benzene ring substituents is 1. The van der Waals surface area contributed by atoms with Crippen LogP contribution in [0.5, 0.6) is 0 Å². The molecule has 0 amide bonds. The van der Waals surface area contributed by atoms with E-state index in [2.05, 4.69) is 15.3 Å². The fourth-order valence-corrected chi connectivity index (χ4v) is 2.06. The van der Waals surface area contributed by atoms with Gasteiger partial charge in [0.15, 0.2) is 17.5 Å². The molecule has 0 saturated carbocycles. The monoisotopic (exact) mass is 338 g/mol. The zero-order chi connectivity index (χ0) is 17.4. The Morgan fingerprint density at radius 3 is 2.46 bits per heavy atom. The number of anilines is 2. The van der Waals surface area contributed by atoms with Crippen molar-refractivity contribution < 1.29 is 22.5 Å². The maximum atomic E-state index is 13.7.